The van der Waals surface area contributed by atoms with Gasteiger partial charge in [0, 0.05) is 49.2 Å². The molecule has 1 aromatic rings. The summed E-state index contributed by atoms with van der Waals surface area (Å²) in [6.45, 7) is 1.86. The van der Waals surface area contributed by atoms with Crippen LogP contribution in [0, 0.1) is 0 Å². The number of hydrogen-bond acceptors (Lipinski definition) is 4. The third kappa shape index (κ3) is 5.77. The molecule has 1 aliphatic rings. The van der Waals surface area contributed by atoms with Crippen LogP contribution in [0.2, 0.25) is 0 Å². The van der Waals surface area contributed by atoms with Gasteiger partial charge >= 0.3 is 0 Å². The number of amides is 2. The molecule has 1 aromatic carbocycles. The largest absolute Gasteiger partial charge is 0.354 e. The van der Waals surface area contributed by atoms with Crippen molar-refractivity contribution < 1.29 is 9.59 Å². The van der Waals surface area contributed by atoms with Crippen molar-refractivity contribution in [3.63, 3.8) is 0 Å². The number of carbonyl (C=O) groups excluding carboxylic acids is 2. The number of rotatable bonds is 6. The Hall–Kier alpha value is -1.53. The van der Waals surface area contributed by atoms with E-state index in [-0.39, 0.29) is 17.9 Å². The fourth-order valence-corrected chi connectivity index (χ4v) is 3.07. The van der Waals surface area contributed by atoms with E-state index in [1.54, 1.807) is 12.1 Å². The summed E-state index contributed by atoms with van der Waals surface area (Å²) < 4.78 is 0. The molecular formula is C15H21N3O2S. The van der Waals surface area contributed by atoms with Crippen molar-refractivity contribution in [1.82, 2.24) is 16.0 Å². The minimum absolute atomic E-state index is 0.0314. The van der Waals surface area contributed by atoms with Crippen LogP contribution in [0.25, 0.3) is 0 Å². The Morgan fingerprint density at radius 1 is 1.19 bits per heavy atom. The summed E-state index contributed by atoms with van der Waals surface area (Å²) in [7, 11) is 0. The maximum atomic E-state index is 11.8. The van der Waals surface area contributed by atoms with Gasteiger partial charge in [-0.3, -0.25) is 9.59 Å². The van der Waals surface area contributed by atoms with Crippen LogP contribution in [-0.2, 0) is 4.79 Å². The van der Waals surface area contributed by atoms with Crippen LogP contribution in [0.5, 0.6) is 0 Å². The summed E-state index contributed by atoms with van der Waals surface area (Å²) in [5.74, 6) is 2.01. The van der Waals surface area contributed by atoms with Crippen molar-refractivity contribution in [1.29, 1.82) is 0 Å². The Labute approximate surface area is 129 Å². The molecule has 1 saturated heterocycles. The molecule has 0 spiro atoms. The van der Waals surface area contributed by atoms with Crippen LogP contribution in [0.3, 0.4) is 0 Å². The maximum Gasteiger partial charge on any atom is 0.251 e. The van der Waals surface area contributed by atoms with Gasteiger partial charge < -0.3 is 16.0 Å². The van der Waals surface area contributed by atoms with E-state index in [1.165, 1.54) is 0 Å². The maximum absolute atomic E-state index is 11.8. The predicted octanol–water partition coefficient (Wildman–Crippen LogP) is 0.628. The summed E-state index contributed by atoms with van der Waals surface area (Å²) in [6, 6.07) is 9.31. The van der Waals surface area contributed by atoms with Gasteiger partial charge in [0.25, 0.3) is 5.91 Å². The van der Waals surface area contributed by atoms with Crippen LogP contribution in [0.15, 0.2) is 30.3 Å². The van der Waals surface area contributed by atoms with Crippen molar-refractivity contribution in [2.75, 3.05) is 31.1 Å². The Balaban J connectivity index is 1.58. The zero-order valence-electron chi connectivity index (χ0n) is 11.9. The van der Waals surface area contributed by atoms with Gasteiger partial charge in [-0.15, -0.1) is 0 Å². The van der Waals surface area contributed by atoms with Gasteiger partial charge in [0.1, 0.15) is 0 Å². The third-order valence-corrected chi connectivity index (χ3v) is 4.33. The monoisotopic (exact) mass is 307 g/mol. The molecule has 1 heterocycles. The van der Waals surface area contributed by atoms with Crippen LogP contribution in [0.1, 0.15) is 16.8 Å². The van der Waals surface area contributed by atoms with Crippen LogP contribution >= 0.6 is 11.8 Å². The number of carbonyl (C=O) groups is 2. The molecule has 1 atom stereocenters. The summed E-state index contributed by atoms with van der Waals surface area (Å²) in [5, 5.41) is 8.95. The first-order chi connectivity index (χ1) is 10.3. The molecule has 0 radical (unpaired) electrons. The Morgan fingerprint density at radius 3 is 2.67 bits per heavy atom. The third-order valence-electron chi connectivity index (χ3n) is 3.20. The molecule has 1 fully saturated rings. The van der Waals surface area contributed by atoms with Crippen LogP contribution < -0.4 is 16.0 Å². The molecule has 1 unspecified atom stereocenters. The lowest BCUT2D eigenvalue weighted by Crippen LogP contribution is -2.42. The molecule has 0 aliphatic carbocycles. The van der Waals surface area contributed by atoms with E-state index in [0.717, 1.165) is 18.1 Å². The van der Waals surface area contributed by atoms with Crippen molar-refractivity contribution in [3.8, 4) is 0 Å². The van der Waals surface area contributed by atoms with Gasteiger partial charge in [0.05, 0.1) is 0 Å². The molecule has 114 valence electrons. The fourth-order valence-electron chi connectivity index (χ4n) is 2.12. The topological polar surface area (TPSA) is 70.2 Å². The molecule has 0 bridgehead atoms. The zero-order valence-corrected chi connectivity index (χ0v) is 12.7. The van der Waals surface area contributed by atoms with Gasteiger partial charge in [-0.05, 0) is 12.1 Å². The average Bonchev–Trinajstić information content (AvgIpc) is 2.53. The molecule has 2 rings (SSSR count). The first-order valence-corrected chi connectivity index (χ1v) is 8.32. The summed E-state index contributed by atoms with van der Waals surface area (Å²) in [6.07, 6.45) is 0.500. The second-order valence-electron chi connectivity index (χ2n) is 4.90. The Kier molecular flexibility index (Phi) is 6.56. The molecule has 3 N–H and O–H groups in total. The van der Waals surface area contributed by atoms with Crippen LogP contribution in [0.4, 0.5) is 0 Å². The molecule has 0 saturated carbocycles. The molecule has 0 aromatic heterocycles. The average molecular weight is 307 g/mol. The van der Waals surface area contributed by atoms with Crippen molar-refractivity contribution in [2.45, 2.75) is 12.5 Å². The lowest BCUT2D eigenvalue weighted by Gasteiger charge is -2.22. The van der Waals surface area contributed by atoms with Crippen LogP contribution in [-0.4, -0.2) is 49.0 Å². The SMILES string of the molecule is O=C(CC1CSCCN1)NCCNC(=O)c1ccccc1. The minimum Gasteiger partial charge on any atom is -0.354 e. The van der Waals surface area contributed by atoms with E-state index in [4.69, 9.17) is 0 Å². The highest BCUT2D eigenvalue weighted by Crippen LogP contribution is 2.09. The second kappa shape index (κ2) is 8.69. The van der Waals surface area contributed by atoms with Gasteiger partial charge in [-0.25, -0.2) is 0 Å². The van der Waals surface area contributed by atoms with E-state index in [9.17, 15) is 9.59 Å². The highest BCUT2D eigenvalue weighted by Gasteiger charge is 2.16. The number of benzene rings is 1. The predicted molar refractivity (Wildman–Crippen MR) is 85.5 cm³/mol. The molecule has 6 heteroatoms. The van der Waals surface area contributed by atoms with E-state index < -0.39 is 0 Å². The lowest BCUT2D eigenvalue weighted by atomic mass is 10.2. The highest BCUT2D eigenvalue weighted by molar-refractivity contribution is 7.99. The van der Waals surface area contributed by atoms with Crippen molar-refractivity contribution in [2.24, 2.45) is 0 Å². The summed E-state index contributed by atoms with van der Waals surface area (Å²) in [5.41, 5.74) is 0.632. The molecule has 5 nitrogen and oxygen atoms in total. The van der Waals surface area contributed by atoms with Gasteiger partial charge in [0.15, 0.2) is 0 Å². The van der Waals surface area contributed by atoms with E-state index in [0.29, 0.717) is 25.1 Å². The molecule has 2 amide bonds. The Morgan fingerprint density at radius 2 is 1.95 bits per heavy atom. The molecule has 1 aliphatic heterocycles. The highest BCUT2D eigenvalue weighted by atomic mass is 32.2. The molecule has 21 heavy (non-hydrogen) atoms. The smallest absolute Gasteiger partial charge is 0.251 e. The van der Waals surface area contributed by atoms with E-state index in [1.807, 2.05) is 30.0 Å². The van der Waals surface area contributed by atoms with Gasteiger partial charge in [-0.1, -0.05) is 18.2 Å². The standard InChI is InChI=1S/C15H21N3O2S/c19-14(10-13-11-21-9-8-16-13)17-6-7-18-15(20)12-4-2-1-3-5-12/h1-5,13,16H,6-11H2,(H,17,19)(H,18,20). The summed E-state index contributed by atoms with van der Waals surface area (Å²) >= 11 is 1.88. The normalized spacial score (nSPS) is 18.0. The minimum atomic E-state index is -0.116. The quantitative estimate of drug-likeness (QED) is 0.674. The van der Waals surface area contributed by atoms with Crippen molar-refractivity contribution >= 4 is 23.6 Å². The van der Waals surface area contributed by atoms with Gasteiger partial charge in [-0.2, -0.15) is 11.8 Å². The fraction of sp³-hybridized carbons (Fsp3) is 0.467. The van der Waals surface area contributed by atoms with Crippen molar-refractivity contribution in [3.05, 3.63) is 35.9 Å². The first-order valence-electron chi connectivity index (χ1n) is 7.17. The zero-order chi connectivity index (χ0) is 14.9. The van der Waals surface area contributed by atoms with Gasteiger partial charge in [0.2, 0.25) is 5.91 Å². The summed E-state index contributed by atoms with van der Waals surface area (Å²) in [4.78, 5) is 23.5. The van der Waals surface area contributed by atoms with E-state index >= 15 is 0 Å². The first kappa shape index (κ1) is 15.9. The Bertz CT molecular complexity index is 461. The second-order valence-corrected chi connectivity index (χ2v) is 6.05. The number of thioether (sulfide) groups is 1. The molecular weight excluding hydrogens is 286 g/mol. The number of hydrogen-bond donors (Lipinski definition) is 3. The number of nitrogens with one attached hydrogen (secondary N) is 3. The lowest BCUT2D eigenvalue weighted by molar-refractivity contribution is -0.121. The van der Waals surface area contributed by atoms with E-state index in [2.05, 4.69) is 16.0 Å².